The summed E-state index contributed by atoms with van der Waals surface area (Å²) in [6, 6.07) is 9.62. The molecule has 8 nitrogen and oxygen atoms in total. The summed E-state index contributed by atoms with van der Waals surface area (Å²) >= 11 is 0. The number of aromatic nitrogens is 1. The number of hydrogen-bond acceptors (Lipinski definition) is 3. The Morgan fingerprint density at radius 3 is 2.12 bits per heavy atom. The highest BCUT2D eigenvalue weighted by Gasteiger charge is 2.17. The summed E-state index contributed by atoms with van der Waals surface area (Å²) in [5, 5.41) is 2.74. The van der Waals surface area contributed by atoms with Gasteiger partial charge in [0.15, 0.2) is 11.4 Å². The van der Waals surface area contributed by atoms with Gasteiger partial charge in [-0.15, -0.1) is 4.40 Å². The summed E-state index contributed by atoms with van der Waals surface area (Å²) in [4.78, 5) is 12.2. The van der Waals surface area contributed by atoms with Crippen LogP contribution in [0.2, 0.25) is 0 Å². The van der Waals surface area contributed by atoms with Crippen LogP contribution in [0.25, 0.3) is 0 Å². The van der Waals surface area contributed by atoms with Gasteiger partial charge in [0.1, 0.15) is 0 Å². The number of pyridine rings is 1. The third-order valence-electron chi connectivity index (χ3n) is 3.69. The normalized spacial score (nSPS) is 11.0. The maximum Gasteiger partial charge on any atom is 0.290 e. The number of nitrogens with one attached hydrogen (secondary N) is 1. The lowest BCUT2D eigenvalue weighted by Crippen LogP contribution is -2.45. The Bertz CT molecular complexity index is 939. The van der Waals surface area contributed by atoms with Crippen LogP contribution >= 0.6 is 0 Å². The standard InChI is InChI=1S/C17H21N5O3S/c1-11-8-12(2)22(13(3)9-11)10-16(23)20-14-4-6-15(7-5-14)26(24,25)21-17(18)19/h4-9H,10H2,1-3H3,(H4-,18,19,20,21,23)/p+1. The van der Waals surface area contributed by atoms with E-state index in [0.717, 1.165) is 17.0 Å². The molecule has 0 saturated carbocycles. The number of anilines is 1. The number of nitrogens with two attached hydrogens (primary N) is 2. The van der Waals surface area contributed by atoms with Crippen LogP contribution in [-0.2, 0) is 21.4 Å². The third kappa shape index (κ3) is 4.79. The molecule has 1 aromatic heterocycles. The first-order chi connectivity index (χ1) is 12.1. The average Bonchev–Trinajstić information content (AvgIpc) is 2.50. The highest BCUT2D eigenvalue weighted by Crippen LogP contribution is 2.16. The van der Waals surface area contributed by atoms with Gasteiger partial charge < -0.3 is 16.8 Å². The van der Waals surface area contributed by atoms with E-state index < -0.39 is 16.0 Å². The minimum Gasteiger partial charge on any atom is -0.369 e. The largest absolute Gasteiger partial charge is 0.369 e. The summed E-state index contributed by atoms with van der Waals surface area (Å²) in [5.74, 6) is -0.756. The quantitative estimate of drug-likeness (QED) is 0.397. The highest BCUT2D eigenvalue weighted by molar-refractivity contribution is 7.90. The molecule has 9 heteroatoms. The Morgan fingerprint density at radius 2 is 1.62 bits per heavy atom. The van der Waals surface area contributed by atoms with Gasteiger partial charge in [-0.25, -0.2) is 0 Å². The first kappa shape index (κ1) is 19.4. The lowest BCUT2D eigenvalue weighted by atomic mass is 10.2. The van der Waals surface area contributed by atoms with Gasteiger partial charge in [0.2, 0.25) is 12.5 Å². The molecule has 2 rings (SSSR count). The monoisotopic (exact) mass is 376 g/mol. The van der Waals surface area contributed by atoms with E-state index in [9.17, 15) is 13.2 Å². The van der Waals surface area contributed by atoms with Gasteiger partial charge in [0, 0.05) is 31.7 Å². The number of benzene rings is 1. The lowest BCUT2D eigenvalue weighted by Gasteiger charge is -2.07. The van der Waals surface area contributed by atoms with Crippen molar-refractivity contribution in [3.63, 3.8) is 0 Å². The summed E-state index contributed by atoms with van der Waals surface area (Å²) < 4.78 is 28.9. The van der Waals surface area contributed by atoms with Crippen LogP contribution in [0.15, 0.2) is 45.7 Å². The maximum atomic E-state index is 12.3. The Kier molecular flexibility index (Phi) is 5.61. The van der Waals surface area contributed by atoms with Crippen molar-refractivity contribution in [2.75, 3.05) is 5.32 Å². The number of hydrogen-bond donors (Lipinski definition) is 3. The van der Waals surface area contributed by atoms with Crippen molar-refractivity contribution in [3.05, 3.63) is 53.3 Å². The summed E-state index contributed by atoms with van der Waals surface area (Å²) in [5.41, 5.74) is 13.8. The molecule has 0 radical (unpaired) electrons. The Morgan fingerprint density at radius 1 is 1.08 bits per heavy atom. The third-order valence-corrected chi connectivity index (χ3v) is 5.01. The molecule has 0 aliphatic rings. The van der Waals surface area contributed by atoms with E-state index >= 15 is 0 Å². The van der Waals surface area contributed by atoms with Crippen LogP contribution in [-0.4, -0.2) is 20.3 Å². The molecule has 0 atom stereocenters. The van der Waals surface area contributed by atoms with Gasteiger partial charge in [-0.3, -0.25) is 4.79 Å². The molecule has 0 aliphatic carbocycles. The van der Waals surface area contributed by atoms with Gasteiger partial charge >= 0.3 is 0 Å². The average molecular weight is 376 g/mol. The zero-order valence-electron chi connectivity index (χ0n) is 14.9. The van der Waals surface area contributed by atoms with E-state index in [4.69, 9.17) is 11.5 Å². The molecule has 1 heterocycles. The number of sulfonamides is 1. The minimum atomic E-state index is -3.95. The molecule has 2 aromatic rings. The second kappa shape index (κ2) is 7.52. The first-order valence-electron chi connectivity index (χ1n) is 7.82. The molecular formula is C17H22N5O3S+. The SMILES string of the molecule is Cc1cc(C)[n+](CC(=O)Nc2ccc(S(=O)(=O)N=C(N)N)cc2)c(C)c1. The molecule has 1 aromatic carbocycles. The van der Waals surface area contributed by atoms with Crippen LogP contribution in [0.1, 0.15) is 17.0 Å². The summed E-state index contributed by atoms with van der Waals surface area (Å²) in [6.45, 7) is 6.04. The van der Waals surface area contributed by atoms with Crippen molar-refractivity contribution in [2.45, 2.75) is 32.2 Å². The van der Waals surface area contributed by atoms with Crippen molar-refractivity contribution >= 4 is 27.6 Å². The number of rotatable bonds is 5. The molecular weight excluding hydrogens is 354 g/mol. The molecule has 0 bridgehead atoms. The smallest absolute Gasteiger partial charge is 0.290 e. The van der Waals surface area contributed by atoms with Crippen molar-refractivity contribution < 1.29 is 17.8 Å². The molecule has 0 unspecified atom stereocenters. The fourth-order valence-corrected chi connectivity index (χ4v) is 3.49. The number of nitrogens with zero attached hydrogens (tertiary/aromatic N) is 2. The molecule has 0 saturated heterocycles. The van der Waals surface area contributed by atoms with Gasteiger partial charge in [0.25, 0.3) is 15.9 Å². The van der Waals surface area contributed by atoms with Crippen molar-refractivity contribution in [1.82, 2.24) is 0 Å². The van der Waals surface area contributed by atoms with Crippen molar-refractivity contribution in [2.24, 2.45) is 15.9 Å². The van der Waals surface area contributed by atoms with Crippen LogP contribution in [0.5, 0.6) is 0 Å². The molecule has 0 aliphatic heterocycles. The van der Waals surface area contributed by atoms with E-state index in [0.29, 0.717) is 5.69 Å². The maximum absolute atomic E-state index is 12.3. The van der Waals surface area contributed by atoms with Crippen LogP contribution in [0.4, 0.5) is 5.69 Å². The number of carbonyl (C=O) groups is 1. The zero-order valence-corrected chi connectivity index (χ0v) is 15.7. The van der Waals surface area contributed by atoms with Gasteiger partial charge in [-0.1, -0.05) is 0 Å². The zero-order chi connectivity index (χ0) is 19.5. The molecule has 26 heavy (non-hydrogen) atoms. The van der Waals surface area contributed by atoms with E-state index in [1.807, 2.05) is 37.5 Å². The van der Waals surface area contributed by atoms with Gasteiger partial charge in [0.05, 0.1) is 4.90 Å². The topological polar surface area (TPSA) is 132 Å². The van der Waals surface area contributed by atoms with Crippen molar-refractivity contribution in [1.29, 1.82) is 0 Å². The van der Waals surface area contributed by atoms with Crippen LogP contribution in [0.3, 0.4) is 0 Å². The van der Waals surface area contributed by atoms with E-state index in [-0.39, 0.29) is 17.3 Å². The second-order valence-electron chi connectivity index (χ2n) is 5.97. The predicted octanol–water partition coefficient (Wildman–Crippen LogP) is 0.500. The van der Waals surface area contributed by atoms with Crippen molar-refractivity contribution in [3.8, 4) is 0 Å². The number of guanidine groups is 1. The second-order valence-corrected chi connectivity index (χ2v) is 7.57. The fourth-order valence-electron chi connectivity index (χ4n) is 2.63. The Hall–Kier alpha value is -2.94. The predicted molar refractivity (Wildman–Crippen MR) is 98.9 cm³/mol. The summed E-state index contributed by atoms with van der Waals surface area (Å²) in [7, 11) is -3.95. The molecule has 1 amide bonds. The van der Waals surface area contributed by atoms with E-state index in [2.05, 4.69) is 9.71 Å². The minimum absolute atomic E-state index is 0.0662. The van der Waals surface area contributed by atoms with Crippen LogP contribution < -0.4 is 21.4 Å². The van der Waals surface area contributed by atoms with Crippen LogP contribution in [0, 0.1) is 20.8 Å². The van der Waals surface area contributed by atoms with Gasteiger partial charge in [-0.2, -0.15) is 13.0 Å². The molecule has 5 N–H and O–H groups in total. The number of amides is 1. The first-order valence-corrected chi connectivity index (χ1v) is 9.26. The highest BCUT2D eigenvalue weighted by atomic mass is 32.2. The number of aryl methyl sites for hydroxylation is 3. The molecule has 0 fully saturated rings. The Balaban J connectivity index is 2.13. The lowest BCUT2D eigenvalue weighted by molar-refractivity contribution is -0.696. The van der Waals surface area contributed by atoms with E-state index in [1.54, 1.807) is 0 Å². The molecule has 138 valence electrons. The van der Waals surface area contributed by atoms with Gasteiger partial charge in [-0.05, 0) is 36.8 Å². The molecule has 0 spiro atoms. The summed E-state index contributed by atoms with van der Waals surface area (Å²) in [6.07, 6.45) is 0. The Labute approximate surface area is 152 Å². The fraction of sp³-hybridized carbons (Fsp3) is 0.235. The number of carbonyl (C=O) groups excluding carboxylic acids is 1. The van der Waals surface area contributed by atoms with E-state index in [1.165, 1.54) is 24.3 Å².